The summed E-state index contributed by atoms with van der Waals surface area (Å²) < 4.78 is 13.1. The predicted molar refractivity (Wildman–Crippen MR) is 99.8 cm³/mol. The number of aromatic nitrogens is 2. The van der Waals surface area contributed by atoms with E-state index in [0.29, 0.717) is 35.6 Å². The Morgan fingerprint density at radius 2 is 1.93 bits per heavy atom. The standard InChI is InChI=1S/C20H23FN4O2/c21-14-8-6-13(7-9-14)18-23-17-10-11-25(12-16(17)19(26)24-18)20(27)22-15-4-2-1-3-5-15/h6-9,15H,1-5,10-12H2,(H,22,27)(H,23,24,26). The first kappa shape index (κ1) is 17.7. The van der Waals surface area contributed by atoms with Gasteiger partial charge in [0.1, 0.15) is 11.6 Å². The maximum Gasteiger partial charge on any atom is 0.317 e. The summed E-state index contributed by atoms with van der Waals surface area (Å²) in [5.74, 6) is 0.0949. The molecule has 1 fully saturated rings. The zero-order valence-electron chi connectivity index (χ0n) is 15.1. The second-order valence-corrected chi connectivity index (χ2v) is 7.30. The van der Waals surface area contributed by atoms with E-state index in [9.17, 15) is 14.0 Å². The molecule has 1 aromatic carbocycles. The second-order valence-electron chi connectivity index (χ2n) is 7.30. The van der Waals surface area contributed by atoms with Crippen LogP contribution in [-0.2, 0) is 13.0 Å². The van der Waals surface area contributed by atoms with E-state index in [0.717, 1.165) is 25.7 Å². The molecule has 4 rings (SSSR count). The van der Waals surface area contributed by atoms with Crippen molar-refractivity contribution in [2.24, 2.45) is 0 Å². The van der Waals surface area contributed by atoms with E-state index >= 15 is 0 Å². The van der Waals surface area contributed by atoms with Crippen LogP contribution in [0, 0.1) is 5.82 Å². The van der Waals surface area contributed by atoms with Crippen molar-refractivity contribution in [1.82, 2.24) is 20.2 Å². The van der Waals surface area contributed by atoms with E-state index < -0.39 is 0 Å². The van der Waals surface area contributed by atoms with Gasteiger partial charge in [-0.1, -0.05) is 19.3 Å². The first-order valence-corrected chi connectivity index (χ1v) is 9.53. The zero-order chi connectivity index (χ0) is 18.8. The normalized spacial score (nSPS) is 17.4. The van der Waals surface area contributed by atoms with Crippen LogP contribution < -0.4 is 10.9 Å². The third kappa shape index (κ3) is 3.86. The average Bonchev–Trinajstić information content (AvgIpc) is 2.69. The topological polar surface area (TPSA) is 78.1 Å². The van der Waals surface area contributed by atoms with Crippen molar-refractivity contribution in [3.8, 4) is 11.4 Å². The predicted octanol–water partition coefficient (Wildman–Crippen LogP) is 2.98. The van der Waals surface area contributed by atoms with Gasteiger partial charge in [0.05, 0.1) is 17.8 Å². The molecule has 7 heteroatoms. The summed E-state index contributed by atoms with van der Waals surface area (Å²) in [5, 5.41) is 3.10. The molecule has 1 aliphatic carbocycles. The molecule has 6 nitrogen and oxygen atoms in total. The molecule has 0 bridgehead atoms. The molecule has 2 heterocycles. The van der Waals surface area contributed by atoms with Crippen LogP contribution in [0.2, 0.25) is 0 Å². The smallest absolute Gasteiger partial charge is 0.317 e. The van der Waals surface area contributed by atoms with Crippen molar-refractivity contribution < 1.29 is 9.18 Å². The maximum atomic E-state index is 13.1. The van der Waals surface area contributed by atoms with Gasteiger partial charge in [-0.15, -0.1) is 0 Å². The number of H-pyrrole nitrogens is 1. The van der Waals surface area contributed by atoms with Crippen molar-refractivity contribution in [3.63, 3.8) is 0 Å². The van der Waals surface area contributed by atoms with E-state index in [-0.39, 0.29) is 30.0 Å². The SMILES string of the molecule is O=C(NC1CCCCC1)N1CCc2nc(-c3ccc(F)cc3)[nH]c(=O)c2C1. The van der Waals surface area contributed by atoms with Crippen LogP contribution in [0.5, 0.6) is 0 Å². The minimum atomic E-state index is -0.335. The first-order valence-electron chi connectivity index (χ1n) is 9.53. The van der Waals surface area contributed by atoms with Crippen LogP contribution in [-0.4, -0.2) is 33.5 Å². The summed E-state index contributed by atoms with van der Waals surface area (Å²) in [6, 6.07) is 6.00. The number of nitrogens with one attached hydrogen (secondary N) is 2. The van der Waals surface area contributed by atoms with Crippen molar-refractivity contribution in [2.75, 3.05) is 6.54 Å². The van der Waals surface area contributed by atoms with Gasteiger partial charge in [-0.3, -0.25) is 4.79 Å². The van der Waals surface area contributed by atoms with Gasteiger partial charge in [0.15, 0.2) is 0 Å². The molecule has 27 heavy (non-hydrogen) atoms. The van der Waals surface area contributed by atoms with Gasteiger partial charge < -0.3 is 15.2 Å². The Morgan fingerprint density at radius 3 is 2.67 bits per heavy atom. The number of carbonyl (C=O) groups is 1. The van der Waals surface area contributed by atoms with Gasteiger partial charge >= 0.3 is 6.03 Å². The van der Waals surface area contributed by atoms with Gasteiger partial charge in [0.2, 0.25) is 0 Å². The molecule has 0 atom stereocenters. The molecule has 1 aliphatic heterocycles. The zero-order valence-corrected chi connectivity index (χ0v) is 15.1. The van der Waals surface area contributed by atoms with Crippen LogP contribution in [0.25, 0.3) is 11.4 Å². The lowest BCUT2D eigenvalue weighted by Gasteiger charge is -2.31. The number of nitrogens with zero attached hydrogens (tertiary/aromatic N) is 2. The van der Waals surface area contributed by atoms with E-state index in [1.165, 1.54) is 18.6 Å². The maximum absolute atomic E-state index is 13.1. The third-order valence-electron chi connectivity index (χ3n) is 5.41. The number of amides is 2. The number of rotatable bonds is 2. The molecule has 1 saturated carbocycles. The molecule has 142 valence electrons. The second kappa shape index (κ2) is 7.50. The number of aromatic amines is 1. The highest BCUT2D eigenvalue weighted by Gasteiger charge is 2.26. The van der Waals surface area contributed by atoms with Crippen LogP contribution in [0.4, 0.5) is 9.18 Å². The summed E-state index contributed by atoms with van der Waals surface area (Å²) in [5.41, 5.74) is 1.66. The Kier molecular flexibility index (Phi) is 4.92. The highest BCUT2D eigenvalue weighted by atomic mass is 19.1. The van der Waals surface area contributed by atoms with Crippen molar-refractivity contribution in [2.45, 2.75) is 51.1 Å². The highest BCUT2D eigenvalue weighted by molar-refractivity contribution is 5.75. The summed E-state index contributed by atoms with van der Waals surface area (Å²) in [7, 11) is 0. The number of fused-ring (bicyclic) bond motifs is 1. The minimum Gasteiger partial charge on any atom is -0.335 e. The Bertz CT molecular complexity index is 888. The van der Waals surface area contributed by atoms with Gasteiger partial charge in [-0.2, -0.15) is 0 Å². The first-order chi connectivity index (χ1) is 13.1. The number of benzene rings is 1. The number of halogens is 1. The Balaban J connectivity index is 1.50. The fourth-order valence-electron chi connectivity index (χ4n) is 3.86. The van der Waals surface area contributed by atoms with Gasteiger partial charge in [0.25, 0.3) is 5.56 Å². The van der Waals surface area contributed by atoms with Crippen molar-refractivity contribution in [1.29, 1.82) is 0 Å². The lowest BCUT2D eigenvalue weighted by molar-refractivity contribution is 0.184. The fraction of sp³-hybridized carbons (Fsp3) is 0.450. The Hall–Kier alpha value is -2.70. The molecule has 0 radical (unpaired) electrons. The minimum absolute atomic E-state index is 0.102. The molecular weight excluding hydrogens is 347 g/mol. The van der Waals surface area contributed by atoms with Crippen LogP contribution in [0.3, 0.4) is 0 Å². The molecule has 0 saturated heterocycles. The quantitative estimate of drug-likeness (QED) is 0.853. The monoisotopic (exact) mass is 370 g/mol. The highest BCUT2D eigenvalue weighted by Crippen LogP contribution is 2.21. The lowest BCUT2D eigenvalue weighted by atomic mass is 9.96. The third-order valence-corrected chi connectivity index (χ3v) is 5.41. The lowest BCUT2D eigenvalue weighted by Crippen LogP contribution is -2.48. The van der Waals surface area contributed by atoms with Gasteiger partial charge in [0, 0.05) is 24.6 Å². The molecular formula is C20H23FN4O2. The van der Waals surface area contributed by atoms with E-state index in [4.69, 9.17) is 0 Å². The summed E-state index contributed by atoms with van der Waals surface area (Å²) >= 11 is 0. The fourth-order valence-corrected chi connectivity index (χ4v) is 3.86. The van der Waals surface area contributed by atoms with Gasteiger partial charge in [-0.25, -0.2) is 14.2 Å². The summed E-state index contributed by atoms with van der Waals surface area (Å²) in [4.78, 5) is 34.1. The van der Waals surface area contributed by atoms with Crippen LogP contribution in [0.15, 0.2) is 29.1 Å². The van der Waals surface area contributed by atoms with E-state index in [1.54, 1.807) is 17.0 Å². The molecule has 2 aromatic rings. The molecule has 2 amide bonds. The summed E-state index contributed by atoms with van der Waals surface area (Å²) in [6.07, 6.45) is 6.14. The average molecular weight is 370 g/mol. The molecule has 2 aliphatic rings. The largest absolute Gasteiger partial charge is 0.335 e. The number of hydrogen-bond acceptors (Lipinski definition) is 3. The van der Waals surface area contributed by atoms with E-state index in [1.807, 2.05) is 0 Å². The Labute approximate surface area is 156 Å². The molecule has 0 spiro atoms. The van der Waals surface area contributed by atoms with Crippen molar-refractivity contribution in [3.05, 3.63) is 51.7 Å². The number of urea groups is 1. The molecule has 2 N–H and O–H groups in total. The van der Waals surface area contributed by atoms with Crippen molar-refractivity contribution >= 4 is 6.03 Å². The van der Waals surface area contributed by atoms with Gasteiger partial charge in [-0.05, 0) is 37.1 Å². The Morgan fingerprint density at radius 1 is 1.19 bits per heavy atom. The number of carbonyl (C=O) groups excluding carboxylic acids is 1. The van der Waals surface area contributed by atoms with Crippen LogP contribution in [0.1, 0.15) is 43.4 Å². The molecule has 1 aromatic heterocycles. The number of hydrogen-bond donors (Lipinski definition) is 2. The summed E-state index contributed by atoms with van der Waals surface area (Å²) in [6.45, 7) is 0.796. The van der Waals surface area contributed by atoms with Crippen LogP contribution >= 0.6 is 0 Å². The van der Waals surface area contributed by atoms with E-state index in [2.05, 4.69) is 15.3 Å². The molecule has 0 unspecified atom stereocenters.